The number of benzene rings is 1. The zero-order valence-corrected chi connectivity index (χ0v) is 13.2. The number of nitrogens with zero attached hydrogens (tertiary/aromatic N) is 5. The maximum Gasteiger partial charge on any atom is 0.453 e. The van der Waals surface area contributed by atoms with Gasteiger partial charge in [0.25, 0.3) is 5.82 Å². The second-order valence-corrected chi connectivity index (χ2v) is 5.79. The fourth-order valence-corrected chi connectivity index (χ4v) is 2.66. The molecule has 12 heteroatoms. The minimum atomic E-state index is -4.68. The van der Waals surface area contributed by atoms with Crippen LogP contribution in [0.2, 0.25) is 5.02 Å². The summed E-state index contributed by atoms with van der Waals surface area (Å²) in [5, 5.41) is 14.4. The number of nitrogen functional groups attached to an aromatic ring is 1. The van der Waals surface area contributed by atoms with E-state index in [1.54, 1.807) is 24.3 Å². The lowest BCUT2D eigenvalue weighted by Gasteiger charge is -2.05. The first-order valence-electron chi connectivity index (χ1n) is 6.34. The Kier molecular flexibility index (Phi) is 4.37. The Bertz CT molecular complexity index is 865. The Hall–Kier alpha value is -2.27. The summed E-state index contributed by atoms with van der Waals surface area (Å²) in [6.45, 7) is 0. The molecule has 0 amide bonds. The van der Waals surface area contributed by atoms with Gasteiger partial charge in [0.05, 0.1) is 16.3 Å². The molecule has 3 aromatic rings. The molecule has 0 aliphatic heterocycles. The van der Waals surface area contributed by atoms with Crippen LogP contribution in [0.4, 0.5) is 13.2 Å². The molecule has 0 aliphatic rings. The highest BCUT2D eigenvalue weighted by Gasteiger charge is 2.38. The van der Waals surface area contributed by atoms with Crippen LogP contribution in [-0.2, 0) is 11.9 Å². The van der Waals surface area contributed by atoms with Crippen molar-refractivity contribution in [2.75, 3.05) is 5.84 Å². The molecule has 0 radical (unpaired) electrons. The summed E-state index contributed by atoms with van der Waals surface area (Å²) in [4.78, 5) is 0. The van der Waals surface area contributed by atoms with Crippen molar-refractivity contribution >= 4 is 23.4 Å². The fraction of sp³-hybridized carbons (Fsp3) is 0.167. The molecular weight excluding hydrogens is 369 g/mol. The van der Waals surface area contributed by atoms with Gasteiger partial charge in [-0.15, -0.1) is 20.4 Å². The molecule has 0 aliphatic carbocycles. The molecule has 2 heterocycles. The Morgan fingerprint density at radius 2 is 1.92 bits per heavy atom. The summed E-state index contributed by atoms with van der Waals surface area (Å²) in [5.41, 5.74) is 0.560. The third-order valence-electron chi connectivity index (χ3n) is 2.81. The second-order valence-electron chi connectivity index (χ2n) is 4.44. The largest absolute Gasteiger partial charge is 0.453 e. The van der Waals surface area contributed by atoms with Gasteiger partial charge < -0.3 is 10.3 Å². The average Bonchev–Trinajstić information content (AvgIpc) is 3.12. The molecule has 0 saturated carbocycles. The number of nitrogens with two attached hydrogens (primary N) is 1. The van der Waals surface area contributed by atoms with Crippen molar-refractivity contribution in [3.8, 4) is 11.5 Å². The normalized spacial score (nSPS) is 11.8. The zero-order valence-electron chi connectivity index (χ0n) is 11.7. The van der Waals surface area contributed by atoms with Crippen LogP contribution >= 0.6 is 23.4 Å². The van der Waals surface area contributed by atoms with E-state index in [-0.39, 0.29) is 22.7 Å². The first kappa shape index (κ1) is 16.6. The van der Waals surface area contributed by atoms with E-state index in [0.717, 1.165) is 11.8 Å². The van der Waals surface area contributed by atoms with Gasteiger partial charge in [-0.25, -0.2) is 4.68 Å². The molecule has 0 spiro atoms. The average molecular weight is 377 g/mol. The number of alkyl halides is 3. The summed E-state index contributed by atoms with van der Waals surface area (Å²) < 4.78 is 43.6. The van der Waals surface area contributed by atoms with Gasteiger partial charge in [0, 0.05) is 0 Å². The Balaban J connectivity index is 1.73. The maximum atomic E-state index is 12.6. The maximum absolute atomic E-state index is 12.6. The third-order valence-corrected chi connectivity index (χ3v) is 4.07. The van der Waals surface area contributed by atoms with E-state index in [2.05, 4.69) is 20.4 Å². The second kappa shape index (κ2) is 6.32. The van der Waals surface area contributed by atoms with Gasteiger partial charge in [-0.3, -0.25) is 0 Å². The summed E-state index contributed by atoms with van der Waals surface area (Å²) in [6.07, 6.45) is -4.68. The van der Waals surface area contributed by atoms with E-state index in [9.17, 15) is 13.2 Å². The Morgan fingerprint density at radius 1 is 1.17 bits per heavy atom. The van der Waals surface area contributed by atoms with Gasteiger partial charge in [0.1, 0.15) is 0 Å². The molecule has 0 fully saturated rings. The summed E-state index contributed by atoms with van der Waals surface area (Å²) in [7, 11) is 0. The predicted molar refractivity (Wildman–Crippen MR) is 79.5 cm³/mol. The van der Waals surface area contributed by atoms with Crippen LogP contribution in [-0.4, -0.2) is 25.1 Å². The van der Waals surface area contributed by atoms with Crippen LogP contribution in [0, 0.1) is 0 Å². The third kappa shape index (κ3) is 3.31. The number of thioether (sulfide) groups is 1. The van der Waals surface area contributed by atoms with E-state index >= 15 is 0 Å². The lowest BCUT2D eigenvalue weighted by Crippen LogP contribution is -2.21. The minimum Gasteiger partial charge on any atom is -0.420 e. The highest BCUT2D eigenvalue weighted by Crippen LogP contribution is 2.30. The molecule has 3 rings (SSSR count). The van der Waals surface area contributed by atoms with Crippen LogP contribution in [0.3, 0.4) is 0 Å². The van der Waals surface area contributed by atoms with Crippen molar-refractivity contribution in [2.45, 2.75) is 17.1 Å². The highest BCUT2D eigenvalue weighted by molar-refractivity contribution is 7.98. The number of aromatic nitrogens is 5. The molecule has 2 aromatic heterocycles. The first-order chi connectivity index (χ1) is 11.4. The summed E-state index contributed by atoms with van der Waals surface area (Å²) in [5.74, 6) is 4.52. The van der Waals surface area contributed by atoms with Crippen molar-refractivity contribution in [1.29, 1.82) is 0 Å². The summed E-state index contributed by atoms with van der Waals surface area (Å²) >= 11 is 6.91. The topological polar surface area (TPSA) is 95.7 Å². The van der Waals surface area contributed by atoms with Gasteiger partial charge in [-0.1, -0.05) is 35.5 Å². The van der Waals surface area contributed by atoms with Gasteiger partial charge in [0.15, 0.2) is 0 Å². The number of rotatable bonds is 4. The van der Waals surface area contributed by atoms with Gasteiger partial charge in [-0.2, -0.15) is 13.2 Å². The predicted octanol–water partition coefficient (Wildman–Crippen LogP) is 3.01. The molecule has 0 unspecified atom stereocenters. The van der Waals surface area contributed by atoms with E-state index in [4.69, 9.17) is 21.9 Å². The molecule has 0 atom stereocenters. The smallest absolute Gasteiger partial charge is 0.420 e. The molecule has 2 N–H and O–H groups in total. The molecule has 24 heavy (non-hydrogen) atoms. The van der Waals surface area contributed by atoms with E-state index in [0.29, 0.717) is 15.3 Å². The highest BCUT2D eigenvalue weighted by atomic mass is 35.5. The fourth-order valence-electron chi connectivity index (χ4n) is 1.75. The van der Waals surface area contributed by atoms with Crippen molar-refractivity contribution in [3.05, 3.63) is 41.0 Å². The van der Waals surface area contributed by atoms with E-state index in [1.807, 2.05) is 0 Å². The van der Waals surface area contributed by atoms with Gasteiger partial charge >= 0.3 is 6.18 Å². The van der Waals surface area contributed by atoms with Crippen molar-refractivity contribution in [3.63, 3.8) is 0 Å². The molecular formula is C12H8ClF3N6OS. The lowest BCUT2D eigenvalue weighted by molar-refractivity contribution is -0.146. The van der Waals surface area contributed by atoms with Crippen molar-refractivity contribution < 1.29 is 17.6 Å². The number of halogens is 4. The van der Waals surface area contributed by atoms with E-state index in [1.165, 1.54) is 0 Å². The molecule has 1 aromatic carbocycles. The van der Waals surface area contributed by atoms with Crippen LogP contribution < -0.4 is 5.84 Å². The first-order valence-corrected chi connectivity index (χ1v) is 7.70. The van der Waals surface area contributed by atoms with Crippen LogP contribution in [0.25, 0.3) is 11.5 Å². The molecule has 0 bridgehead atoms. The Labute approximate surface area is 142 Å². The lowest BCUT2D eigenvalue weighted by atomic mass is 10.2. The van der Waals surface area contributed by atoms with Gasteiger partial charge in [0.2, 0.25) is 16.9 Å². The van der Waals surface area contributed by atoms with Crippen LogP contribution in [0.1, 0.15) is 11.7 Å². The molecule has 126 valence electrons. The SMILES string of the molecule is Nn1c(SCc2nnc(-c3ccccc3Cl)o2)nnc1C(F)(F)F. The Morgan fingerprint density at radius 3 is 2.58 bits per heavy atom. The van der Waals surface area contributed by atoms with Crippen LogP contribution in [0.5, 0.6) is 0 Å². The molecule has 7 nitrogen and oxygen atoms in total. The standard InChI is InChI=1S/C12H8ClF3N6OS/c13-7-4-2-1-3-6(7)9-19-18-8(23-9)5-24-11-21-20-10(22(11)17)12(14,15)16/h1-4H,5,17H2. The minimum absolute atomic E-state index is 0.0741. The van der Waals surface area contributed by atoms with Crippen molar-refractivity contribution in [2.24, 2.45) is 0 Å². The quantitative estimate of drug-likeness (QED) is 0.552. The zero-order chi connectivity index (χ0) is 17.3. The van der Waals surface area contributed by atoms with Crippen LogP contribution in [0.15, 0.2) is 33.8 Å². The number of hydrogen-bond acceptors (Lipinski definition) is 7. The monoisotopic (exact) mass is 376 g/mol. The number of hydrogen-bond donors (Lipinski definition) is 1. The van der Waals surface area contributed by atoms with Gasteiger partial charge in [-0.05, 0) is 12.1 Å². The van der Waals surface area contributed by atoms with E-state index < -0.39 is 12.0 Å². The molecule has 0 saturated heterocycles. The summed E-state index contributed by atoms with van der Waals surface area (Å²) in [6, 6.07) is 6.89. The van der Waals surface area contributed by atoms with Crippen molar-refractivity contribution in [1.82, 2.24) is 25.1 Å².